The van der Waals surface area contributed by atoms with Crippen molar-refractivity contribution in [3.63, 3.8) is 0 Å². The number of halogens is 3. The van der Waals surface area contributed by atoms with Crippen LogP contribution in [0.1, 0.15) is 24.5 Å². The van der Waals surface area contributed by atoms with Crippen LogP contribution in [0.25, 0.3) is 0 Å². The van der Waals surface area contributed by atoms with Gasteiger partial charge in [0.25, 0.3) is 0 Å². The van der Waals surface area contributed by atoms with Crippen molar-refractivity contribution in [1.29, 1.82) is 0 Å². The molecule has 0 unspecified atom stereocenters. The molecule has 0 spiro atoms. The summed E-state index contributed by atoms with van der Waals surface area (Å²) in [4.78, 5) is 14.3. The summed E-state index contributed by atoms with van der Waals surface area (Å²) in [5, 5.41) is 2.69. The quantitative estimate of drug-likeness (QED) is 0.738. The van der Waals surface area contributed by atoms with E-state index in [0.29, 0.717) is 5.69 Å². The van der Waals surface area contributed by atoms with Crippen molar-refractivity contribution in [3.05, 3.63) is 47.1 Å². The molecule has 10 heteroatoms. The average Bonchev–Trinajstić information content (AvgIpc) is 3.38. The predicted octanol–water partition coefficient (Wildman–Crippen LogP) is 4.09. The van der Waals surface area contributed by atoms with Crippen LogP contribution in [0, 0.1) is 4.91 Å². The van der Waals surface area contributed by atoms with Crippen molar-refractivity contribution < 1.29 is 26.3 Å². The van der Waals surface area contributed by atoms with E-state index in [1.165, 1.54) is 6.20 Å². The van der Waals surface area contributed by atoms with Crippen LogP contribution in [0.15, 0.2) is 51.5 Å². The van der Waals surface area contributed by atoms with Crippen molar-refractivity contribution in [1.82, 2.24) is 4.98 Å². The highest BCUT2D eigenvalue weighted by Gasteiger charge is 2.34. The second kappa shape index (κ2) is 6.10. The number of nitrogens with zero attached hydrogens (tertiary/aromatic N) is 2. The number of pyridine rings is 1. The van der Waals surface area contributed by atoms with Gasteiger partial charge < -0.3 is 4.74 Å². The van der Waals surface area contributed by atoms with Gasteiger partial charge in [0.1, 0.15) is 11.4 Å². The summed E-state index contributed by atoms with van der Waals surface area (Å²) >= 11 is 0. The molecular formula is C15H11F3N2O4S. The highest BCUT2D eigenvalue weighted by Crippen LogP contribution is 2.43. The van der Waals surface area contributed by atoms with Gasteiger partial charge in [-0.05, 0) is 48.4 Å². The second-order valence-electron chi connectivity index (χ2n) is 5.47. The summed E-state index contributed by atoms with van der Waals surface area (Å²) < 4.78 is 65.9. The van der Waals surface area contributed by atoms with E-state index < -0.39 is 21.9 Å². The van der Waals surface area contributed by atoms with E-state index in [1.807, 2.05) is 0 Å². The smallest absolute Gasteiger partial charge is 0.406 e. The Bertz CT molecular complexity index is 907. The Morgan fingerprint density at radius 2 is 1.80 bits per heavy atom. The fourth-order valence-electron chi connectivity index (χ4n) is 2.32. The first-order valence-corrected chi connectivity index (χ1v) is 8.63. The molecule has 1 aromatic carbocycles. The molecule has 0 radical (unpaired) electrons. The lowest BCUT2D eigenvalue weighted by molar-refractivity contribution is -0.274. The molecule has 1 aromatic heterocycles. The van der Waals surface area contributed by atoms with Crippen molar-refractivity contribution in [2.45, 2.75) is 34.9 Å². The molecule has 0 atom stereocenters. The molecule has 0 N–H and O–H groups in total. The van der Waals surface area contributed by atoms with Crippen molar-refractivity contribution >= 4 is 15.5 Å². The van der Waals surface area contributed by atoms with Crippen LogP contribution in [-0.4, -0.2) is 19.8 Å². The maximum absolute atomic E-state index is 12.8. The van der Waals surface area contributed by atoms with Gasteiger partial charge in [-0.2, -0.15) is 0 Å². The highest BCUT2D eigenvalue weighted by molar-refractivity contribution is 7.91. The van der Waals surface area contributed by atoms with Gasteiger partial charge in [-0.1, -0.05) is 0 Å². The zero-order valence-corrected chi connectivity index (χ0v) is 13.3. The van der Waals surface area contributed by atoms with Gasteiger partial charge in [-0.3, -0.25) is 4.98 Å². The summed E-state index contributed by atoms with van der Waals surface area (Å²) in [6, 6.07) is 4.96. The van der Waals surface area contributed by atoms with Gasteiger partial charge >= 0.3 is 6.36 Å². The second-order valence-corrected chi connectivity index (χ2v) is 7.38. The Labute approximate surface area is 140 Å². The van der Waals surface area contributed by atoms with Gasteiger partial charge in [0.2, 0.25) is 9.84 Å². The summed E-state index contributed by atoms with van der Waals surface area (Å²) in [5.74, 6) is -0.548. The third-order valence-electron chi connectivity index (χ3n) is 3.59. The Morgan fingerprint density at radius 3 is 2.32 bits per heavy atom. The number of benzene rings is 1. The Balaban J connectivity index is 2.00. The standard InChI is InChI=1S/C15H11F3N2O4S/c16-15(17,18)24-11-3-5-12(6-4-11)25(22,23)13-7-10(20-21)8-19-14(13)9-1-2-9/h3-9H,1-2H2. The van der Waals surface area contributed by atoms with Crippen LogP contribution in [-0.2, 0) is 9.84 Å². The van der Waals surface area contributed by atoms with Crippen LogP contribution < -0.4 is 4.74 Å². The molecule has 2 aromatic rings. The first-order chi connectivity index (χ1) is 11.7. The molecule has 132 valence electrons. The molecule has 1 heterocycles. The van der Waals surface area contributed by atoms with Crippen molar-refractivity contribution in [2.24, 2.45) is 5.18 Å². The minimum Gasteiger partial charge on any atom is -0.406 e. The van der Waals surface area contributed by atoms with E-state index in [-0.39, 0.29) is 21.4 Å². The molecule has 1 saturated carbocycles. The Morgan fingerprint density at radius 1 is 1.16 bits per heavy atom. The monoisotopic (exact) mass is 372 g/mol. The molecule has 1 fully saturated rings. The SMILES string of the molecule is O=Nc1cnc(C2CC2)c(S(=O)(=O)c2ccc(OC(F)(F)F)cc2)c1. The number of hydrogen-bond donors (Lipinski definition) is 0. The van der Waals surface area contributed by atoms with Crippen LogP contribution in [0.2, 0.25) is 0 Å². The number of hydrogen-bond acceptors (Lipinski definition) is 6. The van der Waals surface area contributed by atoms with Gasteiger partial charge in [0.05, 0.1) is 21.7 Å². The van der Waals surface area contributed by atoms with Gasteiger partial charge in [0.15, 0.2) is 0 Å². The molecule has 1 aliphatic rings. The maximum Gasteiger partial charge on any atom is 0.573 e. The first kappa shape index (κ1) is 17.3. The number of aromatic nitrogens is 1. The molecule has 0 amide bonds. The molecule has 6 nitrogen and oxygen atoms in total. The van der Waals surface area contributed by atoms with E-state index >= 15 is 0 Å². The molecule has 3 rings (SSSR count). The lowest BCUT2D eigenvalue weighted by Gasteiger charge is -2.11. The number of sulfone groups is 1. The lowest BCUT2D eigenvalue weighted by atomic mass is 10.2. The molecule has 0 aliphatic heterocycles. The minimum atomic E-state index is -4.87. The van der Waals surface area contributed by atoms with Gasteiger partial charge in [-0.25, -0.2) is 8.42 Å². The number of alkyl halides is 3. The largest absolute Gasteiger partial charge is 0.573 e. The number of nitroso groups, excluding NO2 is 1. The fourth-order valence-corrected chi connectivity index (χ4v) is 3.84. The van der Waals surface area contributed by atoms with Crippen LogP contribution >= 0.6 is 0 Å². The van der Waals surface area contributed by atoms with Crippen LogP contribution in [0.4, 0.5) is 18.9 Å². The molecule has 1 aliphatic carbocycles. The van der Waals surface area contributed by atoms with Gasteiger partial charge in [0, 0.05) is 5.92 Å². The normalized spacial score (nSPS) is 15.0. The third-order valence-corrected chi connectivity index (χ3v) is 5.39. The van der Waals surface area contributed by atoms with E-state index in [1.54, 1.807) is 0 Å². The molecule has 0 saturated heterocycles. The van der Waals surface area contributed by atoms with E-state index in [0.717, 1.165) is 43.2 Å². The zero-order chi connectivity index (χ0) is 18.2. The van der Waals surface area contributed by atoms with E-state index in [9.17, 15) is 26.5 Å². The fraction of sp³-hybridized carbons (Fsp3) is 0.267. The topological polar surface area (TPSA) is 85.7 Å². The van der Waals surface area contributed by atoms with Crippen molar-refractivity contribution in [3.8, 4) is 5.75 Å². The summed E-state index contributed by atoms with van der Waals surface area (Å²) in [5.41, 5.74) is 0.197. The van der Waals surface area contributed by atoms with E-state index in [4.69, 9.17) is 0 Å². The van der Waals surface area contributed by atoms with Crippen molar-refractivity contribution in [2.75, 3.05) is 0 Å². The number of ether oxygens (including phenoxy) is 1. The zero-order valence-electron chi connectivity index (χ0n) is 12.5. The highest BCUT2D eigenvalue weighted by atomic mass is 32.2. The third kappa shape index (κ3) is 3.78. The maximum atomic E-state index is 12.8. The lowest BCUT2D eigenvalue weighted by Crippen LogP contribution is -2.17. The molecular weight excluding hydrogens is 361 g/mol. The average molecular weight is 372 g/mol. The molecule has 25 heavy (non-hydrogen) atoms. The van der Waals surface area contributed by atoms with Gasteiger partial charge in [-0.15, -0.1) is 18.1 Å². The van der Waals surface area contributed by atoms with E-state index in [2.05, 4.69) is 14.9 Å². The van der Waals surface area contributed by atoms with Crippen LogP contribution in [0.3, 0.4) is 0 Å². The summed E-state index contributed by atoms with van der Waals surface area (Å²) in [6.07, 6.45) is -2.11. The Kier molecular flexibility index (Phi) is 4.23. The summed E-state index contributed by atoms with van der Waals surface area (Å²) in [7, 11) is -4.07. The molecule has 0 bridgehead atoms. The van der Waals surface area contributed by atoms with Crippen LogP contribution in [0.5, 0.6) is 5.75 Å². The number of rotatable bonds is 5. The first-order valence-electron chi connectivity index (χ1n) is 7.15. The predicted molar refractivity (Wildman–Crippen MR) is 80.2 cm³/mol. The summed E-state index contributed by atoms with van der Waals surface area (Å²) in [6.45, 7) is 0. The Hall–Kier alpha value is -2.49. The minimum absolute atomic E-state index is 0.0155.